The number of nitrogens with zero attached hydrogens (tertiary/aromatic N) is 5. The van der Waals surface area contributed by atoms with Gasteiger partial charge in [0.15, 0.2) is 5.78 Å². The van der Waals surface area contributed by atoms with Crippen LogP contribution in [0.3, 0.4) is 0 Å². The van der Waals surface area contributed by atoms with Gasteiger partial charge in [-0.2, -0.15) is 0 Å². The number of ketones is 1. The van der Waals surface area contributed by atoms with E-state index in [1.165, 1.54) is 17.7 Å². The first-order chi connectivity index (χ1) is 11.7. The lowest BCUT2D eigenvalue weighted by atomic mass is 10.0. The van der Waals surface area contributed by atoms with Gasteiger partial charge < -0.3 is 4.40 Å². The molecule has 0 amide bonds. The quantitative estimate of drug-likeness (QED) is 0.536. The molecule has 0 atom stereocenters. The highest BCUT2D eigenvalue weighted by atomic mass is 32.1. The van der Waals surface area contributed by atoms with E-state index < -0.39 is 0 Å². The standard InChI is InChI=1S/C17H13N5OS/c1-11-9-24-16(21-11)5-15(23)14-4-12(13-6-18-10-19-7-13)8-22-3-2-20-17(14)22/h2-4,6-10H,5H2,1H3. The minimum absolute atomic E-state index is 0.000695. The number of carbonyl (C=O) groups is 1. The number of hydrogen-bond donors (Lipinski definition) is 0. The number of carbonyl (C=O) groups excluding carboxylic acids is 1. The number of aromatic nitrogens is 5. The van der Waals surface area contributed by atoms with Gasteiger partial charge in [0.1, 0.15) is 17.0 Å². The molecule has 0 unspecified atom stereocenters. The monoisotopic (exact) mass is 335 g/mol. The first-order valence-corrected chi connectivity index (χ1v) is 8.25. The lowest BCUT2D eigenvalue weighted by Crippen LogP contribution is -2.07. The maximum atomic E-state index is 12.8. The van der Waals surface area contributed by atoms with Crippen LogP contribution in [0.4, 0.5) is 0 Å². The normalized spacial score (nSPS) is 11.0. The summed E-state index contributed by atoms with van der Waals surface area (Å²) in [5.41, 5.74) is 3.89. The van der Waals surface area contributed by atoms with Crippen molar-refractivity contribution in [3.63, 3.8) is 0 Å². The van der Waals surface area contributed by atoms with E-state index in [1.54, 1.807) is 18.6 Å². The zero-order valence-corrected chi connectivity index (χ0v) is 13.7. The minimum atomic E-state index is -0.000695. The molecule has 6 nitrogen and oxygen atoms in total. The van der Waals surface area contributed by atoms with Crippen molar-refractivity contribution in [3.8, 4) is 11.1 Å². The molecule has 4 rings (SSSR count). The summed E-state index contributed by atoms with van der Waals surface area (Å²) in [5, 5.41) is 2.77. The zero-order chi connectivity index (χ0) is 16.5. The number of hydrogen-bond acceptors (Lipinski definition) is 6. The number of aryl methyl sites for hydroxylation is 1. The SMILES string of the molecule is Cc1csc(CC(=O)c2cc(-c3cncnc3)cn3ccnc23)n1. The largest absolute Gasteiger partial charge is 0.306 e. The molecule has 0 bridgehead atoms. The van der Waals surface area contributed by atoms with E-state index in [1.807, 2.05) is 35.2 Å². The van der Waals surface area contributed by atoms with Crippen molar-refractivity contribution in [2.45, 2.75) is 13.3 Å². The van der Waals surface area contributed by atoms with Gasteiger partial charge in [-0.05, 0) is 13.0 Å². The summed E-state index contributed by atoms with van der Waals surface area (Å²) in [7, 11) is 0. The van der Waals surface area contributed by atoms with Crippen LogP contribution in [-0.2, 0) is 6.42 Å². The molecule has 0 radical (unpaired) electrons. The van der Waals surface area contributed by atoms with Crippen molar-refractivity contribution in [2.24, 2.45) is 0 Å². The van der Waals surface area contributed by atoms with Gasteiger partial charge in [0.2, 0.25) is 0 Å². The third kappa shape index (κ3) is 2.69. The van der Waals surface area contributed by atoms with Crippen LogP contribution in [0.15, 0.2) is 48.8 Å². The zero-order valence-electron chi connectivity index (χ0n) is 12.9. The molecule has 0 aliphatic heterocycles. The Balaban J connectivity index is 1.78. The predicted octanol–water partition coefficient (Wildman–Crippen LogP) is 2.98. The number of Topliss-reactive ketones (excluding diaryl/α,β-unsaturated/α-hetero) is 1. The number of imidazole rings is 1. The molecule has 0 fully saturated rings. The molecule has 4 aromatic heterocycles. The maximum absolute atomic E-state index is 12.8. The Labute approximate surface area is 141 Å². The number of pyridine rings is 1. The molecule has 7 heteroatoms. The lowest BCUT2D eigenvalue weighted by molar-refractivity contribution is 0.0994. The van der Waals surface area contributed by atoms with Gasteiger partial charge in [-0.25, -0.2) is 19.9 Å². The van der Waals surface area contributed by atoms with Crippen LogP contribution >= 0.6 is 11.3 Å². The number of rotatable bonds is 4. The van der Waals surface area contributed by atoms with Crippen LogP contribution in [-0.4, -0.2) is 30.1 Å². The van der Waals surface area contributed by atoms with E-state index in [-0.39, 0.29) is 12.2 Å². The van der Waals surface area contributed by atoms with Gasteiger partial charge in [0, 0.05) is 53.2 Å². The van der Waals surface area contributed by atoms with Crippen LogP contribution in [0.1, 0.15) is 21.1 Å². The van der Waals surface area contributed by atoms with Crippen LogP contribution in [0.5, 0.6) is 0 Å². The fourth-order valence-corrected chi connectivity index (χ4v) is 3.33. The maximum Gasteiger partial charge on any atom is 0.173 e. The van der Waals surface area contributed by atoms with Gasteiger partial charge in [0.05, 0.1) is 12.0 Å². The Morgan fingerprint density at radius 3 is 2.83 bits per heavy atom. The molecular weight excluding hydrogens is 322 g/mol. The van der Waals surface area contributed by atoms with Crippen molar-refractivity contribution in [2.75, 3.05) is 0 Å². The highest BCUT2D eigenvalue weighted by Gasteiger charge is 2.16. The van der Waals surface area contributed by atoms with Gasteiger partial charge in [-0.3, -0.25) is 4.79 Å². The Morgan fingerprint density at radius 2 is 2.08 bits per heavy atom. The second-order valence-corrected chi connectivity index (χ2v) is 6.35. The smallest absolute Gasteiger partial charge is 0.173 e. The molecule has 0 saturated carbocycles. The molecule has 0 aromatic carbocycles. The summed E-state index contributed by atoms with van der Waals surface area (Å²) in [5.74, 6) is -0.000695. The minimum Gasteiger partial charge on any atom is -0.306 e. The van der Waals surface area contributed by atoms with Crippen LogP contribution in [0, 0.1) is 6.92 Å². The molecule has 4 heterocycles. The predicted molar refractivity (Wildman–Crippen MR) is 91.1 cm³/mol. The molecule has 0 aliphatic carbocycles. The molecule has 4 aromatic rings. The summed E-state index contributed by atoms with van der Waals surface area (Å²) in [4.78, 5) is 29.6. The second kappa shape index (κ2) is 5.93. The van der Waals surface area contributed by atoms with E-state index in [4.69, 9.17) is 0 Å². The molecular formula is C17H13N5OS. The Morgan fingerprint density at radius 1 is 1.25 bits per heavy atom. The summed E-state index contributed by atoms with van der Waals surface area (Å²) in [6, 6.07) is 1.85. The third-order valence-electron chi connectivity index (χ3n) is 3.66. The van der Waals surface area contributed by atoms with Gasteiger partial charge in [-0.1, -0.05) is 0 Å². The fraction of sp³-hybridized carbons (Fsp3) is 0.118. The molecule has 0 aliphatic rings. The highest BCUT2D eigenvalue weighted by molar-refractivity contribution is 7.09. The molecule has 0 N–H and O–H groups in total. The lowest BCUT2D eigenvalue weighted by Gasteiger charge is -2.07. The summed E-state index contributed by atoms with van der Waals surface area (Å²) >= 11 is 1.50. The molecule has 118 valence electrons. The first-order valence-electron chi connectivity index (χ1n) is 7.37. The molecule has 24 heavy (non-hydrogen) atoms. The first kappa shape index (κ1) is 14.6. The Kier molecular flexibility index (Phi) is 3.62. The number of fused-ring (bicyclic) bond motifs is 1. The topological polar surface area (TPSA) is 73.0 Å². The fourth-order valence-electron chi connectivity index (χ4n) is 2.56. The van der Waals surface area contributed by atoms with E-state index in [9.17, 15) is 4.79 Å². The summed E-state index contributed by atoms with van der Waals surface area (Å²) < 4.78 is 1.85. The van der Waals surface area contributed by atoms with Crippen molar-refractivity contribution < 1.29 is 4.79 Å². The average molecular weight is 335 g/mol. The van der Waals surface area contributed by atoms with E-state index in [0.29, 0.717) is 11.2 Å². The van der Waals surface area contributed by atoms with Crippen LogP contribution in [0.2, 0.25) is 0 Å². The van der Waals surface area contributed by atoms with Crippen molar-refractivity contribution >= 4 is 22.8 Å². The van der Waals surface area contributed by atoms with Gasteiger partial charge >= 0.3 is 0 Å². The summed E-state index contributed by atoms with van der Waals surface area (Å²) in [6.07, 6.45) is 10.6. The molecule has 0 spiro atoms. The van der Waals surface area contributed by atoms with Crippen LogP contribution < -0.4 is 0 Å². The van der Waals surface area contributed by atoms with Crippen molar-refractivity contribution in [3.05, 3.63) is 65.0 Å². The molecule has 0 saturated heterocycles. The Hall–Kier alpha value is -2.93. The van der Waals surface area contributed by atoms with E-state index in [0.717, 1.165) is 21.8 Å². The van der Waals surface area contributed by atoms with Crippen molar-refractivity contribution in [1.82, 2.24) is 24.3 Å². The van der Waals surface area contributed by atoms with Crippen LogP contribution in [0.25, 0.3) is 16.8 Å². The number of thiazole rings is 1. The van der Waals surface area contributed by atoms with E-state index in [2.05, 4.69) is 19.9 Å². The second-order valence-electron chi connectivity index (χ2n) is 5.41. The summed E-state index contributed by atoms with van der Waals surface area (Å²) in [6.45, 7) is 1.92. The van der Waals surface area contributed by atoms with Crippen molar-refractivity contribution in [1.29, 1.82) is 0 Å². The van der Waals surface area contributed by atoms with E-state index >= 15 is 0 Å². The highest BCUT2D eigenvalue weighted by Crippen LogP contribution is 2.23. The van der Waals surface area contributed by atoms with Gasteiger partial charge in [-0.15, -0.1) is 11.3 Å². The average Bonchev–Trinajstić information content (AvgIpc) is 3.23. The van der Waals surface area contributed by atoms with Gasteiger partial charge in [0.25, 0.3) is 0 Å². The third-order valence-corrected chi connectivity index (χ3v) is 4.63. The Bertz CT molecular complexity index is 1020.